The Labute approximate surface area is 123 Å². The first-order valence-electron chi connectivity index (χ1n) is 5.90. The van der Waals surface area contributed by atoms with Gasteiger partial charge in [0, 0.05) is 4.88 Å². The van der Waals surface area contributed by atoms with Crippen molar-refractivity contribution in [3.63, 3.8) is 0 Å². The van der Waals surface area contributed by atoms with Crippen molar-refractivity contribution in [2.45, 2.75) is 20.8 Å². The number of esters is 1. The first-order chi connectivity index (χ1) is 9.54. The average Bonchev–Trinajstić information content (AvgIpc) is 3.00. The summed E-state index contributed by atoms with van der Waals surface area (Å²) in [6.07, 6.45) is 1.39. The van der Waals surface area contributed by atoms with Crippen LogP contribution < -0.4 is 5.32 Å². The van der Waals surface area contributed by atoms with Crippen LogP contribution >= 0.6 is 22.9 Å². The number of rotatable bonds is 4. The van der Waals surface area contributed by atoms with Crippen LogP contribution in [0.4, 0.5) is 5.00 Å². The second-order valence-corrected chi connectivity index (χ2v) is 5.95. The minimum atomic E-state index is -0.424. The molecule has 2 rings (SSSR count). The number of aromatic nitrogens is 2. The van der Waals surface area contributed by atoms with E-state index in [1.807, 2.05) is 13.8 Å². The largest absolute Gasteiger partial charge is 0.462 e. The molecule has 0 atom stereocenters. The van der Waals surface area contributed by atoms with E-state index in [-0.39, 0.29) is 5.91 Å². The Hall–Kier alpha value is -1.80. The molecule has 8 heteroatoms. The van der Waals surface area contributed by atoms with Crippen LogP contribution in [-0.2, 0) is 4.74 Å². The van der Waals surface area contributed by atoms with Crippen molar-refractivity contribution >= 4 is 39.7 Å². The monoisotopic (exact) mass is 311 g/mol. The molecule has 1 amide bonds. The first-order valence-corrected chi connectivity index (χ1v) is 7.49. The van der Waals surface area contributed by atoms with Crippen LogP contribution in [0.3, 0.4) is 0 Å². The van der Waals surface area contributed by atoms with E-state index in [0.717, 1.165) is 22.0 Å². The fraction of sp³-hybridized carbons (Fsp3) is 0.333. The van der Waals surface area contributed by atoms with Gasteiger partial charge < -0.3 is 10.1 Å². The maximum absolute atomic E-state index is 12.0. The Morgan fingerprint density at radius 3 is 2.75 bits per heavy atom. The number of anilines is 1. The minimum Gasteiger partial charge on any atom is -0.462 e. The number of hydrogen-bond acceptors (Lipinski definition) is 7. The third-order valence-electron chi connectivity index (χ3n) is 2.68. The normalized spacial score (nSPS) is 10.3. The molecule has 0 saturated heterocycles. The standard InChI is InChI=1S/C12H13N3O3S2/c1-4-18-12(17)9-6(2)7(3)19-11(9)14-10(16)8-5-13-15-20-8/h5H,4H2,1-3H3,(H,14,16). The minimum absolute atomic E-state index is 0.291. The van der Waals surface area contributed by atoms with Crippen molar-refractivity contribution < 1.29 is 14.3 Å². The van der Waals surface area contributed by atoms with Crippen LogP contribution in [0.2, 0.25) is 0 Å². The van der Waals surface area contributed by atoms with Crippen molar-refractivity contribution in [3.8, 4) is 0 Å². The zero-order chi connectivity index (χ0) is 14.7. The Morgan fingerprint density at radius 2 is 2.15 bits per heavy atom. The molecule has 20 heavy (non-hydrogen) atoms. The summed E-state index contributed by atoms with van der Waals surface area (Å²) >= 11 is 2.35. The Morgan fingerprint density at radius 1 is 1.40 bits per heavy atom. The van der Waals surface area contributed by atoms with Gasteiger partial charge in [0.2, 0.25) is 0 Å². The molecule has 1 N–H and O–H groups in total. The highest BCUT2D eigenvalue weighted by atomic mass is 32.1. The fourth-order valence-corrected chi connectivity index (χ4v) is 3.05. The summed E-state index contributed by atoms with van der Waals surface area (Å²) in [5.74, 6) is -0.751. The van der Waals surface area contributed by atoms with Crippen LogP contribution in [-0.4, -0.2) is 28.1 Å². The third kappa shape index (κ3) is 2.86. The number of thiophene rings is 1. The van der Waals surface area contributed by atoms with Crippen LogP contribution in [0.25, 0.3) is 0 Å². The third-order valence-corrected chi connectivity index (χ3v) is 4.46. The molecule has 0 aliphatic carbocycles. The van der Waals surface area contributed by atoms with Crippen molar-refractivity contribution in [2.75, 3.05) is 11.9 Å². The summed E-state index contributed by atoms with van der Waals surface area (Å²) < 4.78 is 8.67. The number of carbonyl (C=O) groups excluding carboxylic acids is 2. The molecule has 0 unspecified atom stereocenters. The van der Waals surface area contributed by atoms with Crippen LogP contribution in [0.5, 0.6) is 0 Å². The molecule has 6 nitrogen and oxygen atoms in total. The van der Waals surface area contributed by atoms with Gasteiger partial charge in [-0.1, -0.05) is 4.49 Å². The van der Waals surface area contributed by atoms with Crippen molar-refractivity contribution in [3.05, 3.63) is 27.1 Å². The number of nitrogens with zero attached hydrogens (tertiary/aromatic N) is 2. The maximum atomic E-state index is 12.0. The van der Waals surface area contributed by atoms with E-state index in [2.05, 4.69) is 14.9 Å². The second kappa shape index (κ2) is 6.10. The van der Waals surface area contributed by atoms with E-state index in [0.29, 0.717) is 22.0 Å². The molecule has 0 aliphatic rings. The smallest absolute Gasteiger partial charge is 0.341 e. The molecule has 0 saturated carbocycles. The predicted octanol–water partition coefficient (Wildman–Crippen LogP) is 2.65. The van der Waals surface area contributed by atoms with E-state index in [4.69, 9.17) is 4.74 Å². The van der Waals surface area contributed by atoms with Gasteiger partial charge in [-0.2, -0.15) is 0 Å². The molecule has 0 aliphatic heterocycles. The molecule has 0 radical (unpaired) electrons. The number of aryl methyl sites for hydroxylation is 1. The molecule has 0 fully saturated rings. The SMILES string of the molecule is CCOC(=O)c1c(NC(=O)c2cnns2)sc(C)c1C. The van der Waals surface area contributed by atoms with Gasteiger partial charge in [0.25, 0.3) is 5.91 Å². The van der Waals surface area contributed by atoms with Crippen molar-refractivity contribution in [1.82, 2.24) is 9.59 Å². The molecule has 0 aromatic carbocycles. The highest BCUT2D eigenvalue weighted by Gasteiger charge is 2.22. The summed E-state index contributed by atoms with van der Waals surface area (Å²) in [7, 11) is 0. The Bertz CT molecular complexity index is 635. The number of carbonyl (C=O) groups is 2. The molecular weight excluding hydrogens is 298 g/mol. The van der Waals surface area contributed by atoms with Gasteiger partial charge in [-0.15, -0.1) is 16.4 Å². The van der Waals surface area contributed by atoms with E-state index >= 15 is 0 Å². The molecule has 2 heterocycles. The van der Waals surface area contributed by atoms with Gasteiger partial charge in [-0.25, -0.2) is 4.79 Å². The van der Waals surface area contributed by atoms with E-state index in [1.165, 1.54) is 17.5 Å². The zero-order valence-electron chi connectivity index (χ0n) is 11.2. The van der Waals surface area contributed by atoms with Gasteiger partial charge in [-0.3, -0.25) is 4.79 Å². The van der Waals surface area contributed by atoms with Gasteiger partial charge in [0.05, 0.1) is 18.4 Å². The average molecular weight is 311 g/mol. The van der Waals surface area contributed by atoms with Gasteiger partial charge in [0.1, 0.15) is 9.88 Å². The maximum Gasteiger partial charge on any atom is 0.341 e. The fourth-order valence-electron chi connectivity index (χ4n) is 1.60. The van der Waals surface area contributed by atoms with Crippen LogP contribution in [0.15, 0.2) is 6.20 Å². The topological polar surface area (TPSA) is 81.2 Å². The quantitative estimate of drug-likeness (QED) is 0.878. The molecule has 2 aromatic heterocycles. The molecule has 106 valence electrons. The van der Waals surface area contributed by atoms with Crippen LogP contribution in [0, 0.1) is 13.8 Å². The molecule has 2 aromatic rings. The van der Waals surface area contributed by atoms with E-state index < -0.39 is 5.97 Å². The number of ether oxygens (including phenoxy) is 1. The van der Waals surface area contributed by atoms with Gasteiger partial charge in [-0.05, 0) is 37.9 Å². The highest BCUT2D eigenvalue weighted by Crippen LogP contribution is 2.33. The first kappa shape index (κ1) is 14.6. The number of amides is 1. The van der Waals surface area contributed by atoms with Crippen LogP contribution in [0.1, 0.15) is 37.4 Å². The molecule has 0 bridgehead atoms. The van der Waals surface area contributed by atoms with Crippen molar-refractivity contribution in [1.29, 1.82) is 0 Å². The molecular formula is C12H13N3O3S2. The second-order valence-electron chi connectivity index (χ2n) is 3.94. The summed E-state index contributed by atoms with van der Waals surface area (Å²) in [5, 5.41) is 6.83. The predicted molar refractivity (Wildman–Crippen MR) is 77.6 cm³/mol. The van der Waals surface area contributed by atoms with Gasteiger partial charge >= 0.3 is 5.97 Å². The molecule has 0 spiro atoms. The lowest BCUT2D eigenvalue weighted by Gasteiger charge is -2.05. The van der Waals surface area contributed by atoms with E-state index in [1.54, 1.807) is 6.92 Å². The van der Waals surface area contributed by atoms with Gasteiger partial charge in [0.15, 0.2) is 0 Å². The summed E-state index contributed by atoms with van der Waals surface area (Å²) in [6, 6.07) is 0. The summed E-state index contributed by atoms with van der Waals surface area (Å²) in [6.45, 7) is 5.77. The zero-order valence-corrected chi connectivity index (χ0v) is 12.9. The van der Waals surface area contributed by atoms with Crippen molar-refractivity contribution in [2.24, 2.45) is 0 Å². The lowest BCUT2D eigenvalue weighted by molar-refractivity contribution is 0.0527. The van der Waals surface area contributed by atoms with E-state index in [9.17, 15) is 9.59 Å². The summed E-state index contributed by atoms with van der Waals surface area (Å²) in [5.41, 5.74) is 1.24. The number of hydrogen-bond donors (Lipinski definition) is 1. The summed E-state index contributed by atoms with van der Waals surface area (Å²) in [4.78, 5) is 25.3. The Kier molecular flexibility index (Phi) is 4.46. The Balaban J connectivity index is 2.30. The lowest BCUT2D eigenvalue weighted by atomic mass is 10.1. The highest BCUT2D eigenvalue weighted by molar-refractivity contribution is 7.17. The number of nitrogens with one attached hydrogen (secondary N) is 1. The lowest BCUT2D eigenvalue weighted by Crippen LogP contribution is -2.13.